The van der Waals surface area contributed by atoms with Gasteiger partial charge in [-0.25, -0.2) is 8.42 Å². The Morgan fingerprint density at radius 1 is 1.00 bits per heavy atom. The van der Waals surface area contributed by atoms with Crippen LogP contribution in [0.5, 0.6) is 5.75 Å². The van der Waals surface area contributed by atoms with Gasteiger partial charge in [0, 0.05) is 42.8 Å². The van der Waals surface area contributed by atoms with E-state index in [1.807, 2.05) is 18.2 Å². The number of likely N-dealkylation sites (tertiary alicyclic amines) is 1. The highest BCUT2D eigenvalue weighted by Crippen LogP contribution is 2.32. The molecule has 2 aromatic rings. The largest absolute Gasteiger partial charge is 0.497 e. The lowest BCUT2D eigenvalue weighted by molar-refractivity contribution is -0.123. The normalized spacial score (nSPS) is 21.4. The predicted octanol–water partition coefficient (Wildman–Crippen LogP) is 2.95. The van der Waals surface area contributed by atoms with E-state index in [0.29, 0.717) is 23.5 Å². The average Bonchev–Trinajstić information content (AvgIpc) is 3.59. The number of nitrogens with zero attached hydrogens (tertiary/aromatic N) is 1. The Morgan fingerprint density at radius 2 is 1.76 bits per heavy atom. The van der Waals surface area contributed by atoms with Crippen LogP contribution in [0.2, 0.25) is 0 Å². The Bertz CT molecular complexity index is 1140. The zero-order chi connectivity index (χ0) is 23.0. The molecule has 0 aromatic heterocycles. The van der Waals surface area contributed by atoms with Gasteiger partial charge in [0.25, 0.3) is 10.0 Å². The third-order valence-electron chi connectivity index (χ3n) is 7.06. The van der Waals surface area contributed by atoms with E-state index in [2.05, 4.69) is 14.9 Å². The van der Waals surface area contributed by atoms with Crippen molar-refractivity contribution in [2.75, 3.05) is 24.9 Å². The first-order chi connectivity index (χ1) is 15.9. The van der Waals surface area contributed by atoms with E-state index >= 15 is 0 Å². The molecule has 33 heavy (non-hydrogen) atoms. The predicted molar refractivity (Wildman–Crippen MR) is 127 cm³/mol. The molecule has 7 nitrogen and oxygen atoms in total. The van der Waals surface area contributed by atoms with Crippen molar-refractivity contribution in [2.45, 2.75) is 55.5 Å². The minimum atomic E-state index is -3.69. The maximum atomic E-state index is 12.8. The van der Waals surface area contributed by atoms with Crippen molar-refractivity contribution in [3.05, 3.63) is 53.6 Å². The van der Waals surface area contributed by atoms with Gasteiger partial charge in [0.1, 0.15) is 5.75 Å². The lowest BCUT2D eigenvalue weighted by Crippen LogP contribution is -2.48. The first-order valence-corrected chi connectivity index (χ1v) is 13.2. The number of methoxy groups -OCH3 is 1. The molecule has 1 saturated carbocycles. The fraction of sp³-hybridized carbons (Fsp3) is 0.480. The molecule has 3 aliphatic rings. The molecule has 1 unspecified atom stereocenters. The number of fused-ring (bicyclic) bond motifs is 1. The van der Waals surface area contributed by atoms with E-state index in [9.17, 15) is 13.2 Å². The van der Waals surface area contributed by atoms with Crippen LogP contribution >= 0.6 is 0 Å². The highest BCUT2D eigenvalue weighted by Gasteiger charge is 2.34. The number of carbonyl (C=O) groups excluding carboxylic acids is 1. The van der Waals surface area contributed by atoms with Crippen molar-refractivity contribution in [3.63, 3.8) is 0 Å². The summed E-state index contributed by atoms with van der Waals surface area (Å²) >= 11 is 0. The monoisotopic (exact) mass is 469 g/mol. The number of nitrogens with one attached hydrogen (secondary N) is 2. The van der Waals surface area contributed by atoms with Crippen molar-refractivity contribution in [2.24, 2.45) is 5.92 Å². The molecule has 2 N–H and O–H groups in total. The molecule has 2 aliphatic carbocycles. The van der Waals surface area contributed by atoms with Gasteiger partial charge in [-0.05, 0) is 73.9 Å². The summed E-state index contributed by atoms with van der Waals surface area (Å²) in [5, 5.41) is 3.22. The van der Waals surface area contributed by atoms with Gasteiger partial charge < -0.3 is 10.1 Å². The standard InChI is InChI=1S/C25H31N3O4S/c1-32-23-3-2-4-24(16-23)33(30,31)27-21-8-7-18-14-22(15-19(18)13-21)28-11-9-20(10-12-28)26-25(29)17-5-6-17/h2-4,7-8,13,16-17,20,22,27H,5-6,9-12,14-15H2,1H3,(H,26,29). The van der Waals surface area contributed by atoms with Crippen LogP contribution in [0.1, 0.15) is 36.8 Å². The summed E-state index contributed by atoms with van der Waals surface area (Å²) in [5.41, 5.74) is 3.07. The molecule has 8 heteroatoms. The molecular formula is C25H31N3O4S. The number of hydrogen-bond acceptors (Lipinski definition) is 5. The maximum Gasteiger partial charge on any atom is 0.262 e. The van der Waals surface area contributed by atoms with Crippen LogP contribution in [0.4, 0.5) is 5.69 Å². The molecule has 5 rings (SSSR count). The zero-order valence-electron chi connectivity index (χ0n) is 18.9. The summed E-state index contributed by atoms with van der Waals surface area (Å²) in [6.45, 7) is 1.98. The maximum absolute atomic E-state index is 12.8. The smallest absolute Gasteiger partial charge is 0.262 e. The van der Waals surface area contributed by atoms with Crippen molar-refractivity contribution in [1.82, 2.24) is 10.2 Å². The molecule has 2 fully saturated rings. The van der Waals surface area contributed by atoms with Crippen LogP contribution in [0, 0.1) is 5.92 Å². The summed E-state index contributed by atoms with van der Waals surface area (Å²) in [5.74, 6) is 1.01. The molecule has 176 valence electrons. The van der Waals surface area contributed by atoms with Gasteiger partial charge >= 0.3 is 0 Å². The second-order valence-electron chi connectivity index (χ2n) is 9.42. The number of anilines is 1. The van der Waals surface area contributed by atoms with Gasteiger partial charge in [-0.2, -0.15) is 0 Å². The number of carbonyl (C=O) groups is 1. The molecular weight excluding hydrogens is 438 g/mol. The van der Waals surface area contributed by atoms with Gasteiger partial charge in [-0.15, -0.1) is 0 Å². The van der Waals surface area contributed by atoms with Crippen LogP contribution in [-0.4, -0.2) is 51.5 Å². The van der Waals surface area contributed by atoms with Gasteiger partial charge in [0.15, 0.2) is 0 Å². The third-order valence-corrected chi connectivity index (χ3v) is 8.44. The van der Waals surface area contributed by atoms with Gasteiger partial charge in [-0.3, -0.25) is 14.4 Å². The molecule has 1 saturated heterocycles. The van der Waals surface area contributed by atoms with Crippen LogP contribution in [-0.2, 0) is 27.7 Å². The Kier molecular flexibility index (Phi) is 6.05. The fourth-order valence-corrected chi connectivity index (χ4v) is 6.06. The summed E-state index contributed by atoms with van der Waals surface area (Å²) in [7, 11) is -2.17. The average molecular weight is 470 g/mol. The van der Waals surface area contributed by atoms with Crippen molar-refractivity contribution in [1.29, 1.82) is 0 Å². The number of benzene rings is 2. The highest BCUT2D eigenvalue weighted by molar-refractivity contribution is 7.92. The van der Waals surface area contributed by atoms with E-state index in [1.54, 1.807) is 18.2 Å². The van der Waals surface area contributed by atoms with E-state index in [4.69, 9.17) is 4.74 Å². The van der Waals surface area contributed by atoms with Crippen molar-refractivity contribution < 1.29 is 17.9 Å². The van der Waals surface area contributed by atoms with Gasteiger partial charge in [0.2, 0.25) is 5.91 Å². The van der Waals surface area contributed by atoms with E-state index in [1.165, 1.54) is 24.3 Å². The van der Waals surface area contributed by atoms with Crippen LogP contribution in [0.3, 0.4) is 0 Å². The summed E-state index contributed by atoms with van der Waals surface area (Å²) in [4.78, 5) is 14.7. The molecule has 1 heterocycles. The molecule has 1 aliphatic heterocycles. The summed E-state index contributed by atoms with van der Waals surface area (Å²) < 4.78 is 33.5. The Morgan fingerprint density at radius 3 is 2.48 bits per heavy atom. The molecule has 0 bridgehead atoms. The number of sulfonamides is 1. The molecule has 0 spiro atoms. The minimum absolute atomic E-state index is 0.178. The quantitative estimate of drug-likeness (QED) is 0.651. The minimum Gasteiger partial charge on any atom is -0.497 e. The Balaban J connectivity index is 1.19. The molecule has 0 radical (unpaired) electrons. The Labute approximate surface area is 195 Å². The first kappa shape index (κ1) is 22.2. The van der Waals surface area contributed by atoms with E-state index < -0.39 is 10.0 Å². The Hall–Kier alpha value is -2.58. The summed E-state index contributed by atoms with van der Waals surface area (Å²) in [6.07, 6.45) is 5.99. The van der Waals surface area contributed by atoms with E-state index in [0.717, 1.165) is 51.6 Å². The van der Waals surface area contributed by atoms with Gasteiger partial charge in [-0.1, -0.05) is 12.1 Å². The number of ether oxygens (including phenoxy) is 1. The fourth-order valence-electron chi connectivity index (χ4n) is 4.97. The zero-order valence-corrected chi connectivity index (χ0v) is 19.7. The number of piperidine rings is 1. The second-order valence-corrected chi connectivity index (χ2v) is 11.1. The van der Waals surface area contributed by atoms with Crippen molar-refractivity contribution in [3.8, 4) is 5.75 Å². The van der Waals surface area contributed by atoms with Crippen LogP contribution in [0.25, 0.3) is 0 Å². The number of hydrogen-bond donors (Lipinski definition) is 2. The number of rotatable bonds is 7. The molecule has 1 amide bonds. The second kappa shape index (κ2) is 8.99. The highest BCUT2D eigenvalue weighted by atomic mass is 32.2. The van der Waals surface area contributed by atoms with Gasteiger partial charge in [0.05, 0.1) is 12.0 Å². The third kappa shape index (κ3) is 5.01. The topological polar surface area (TPSA) is 87.7 Å². The molecule has 1 atom stereocenters. The first-order valence-electron chi connectivity index (χ1n) is 11.7. The van der Waals surface area contributed by atoms with Crippen LogP contribution in [0.15, 0.2) is 47.4 Å². The lowest BCUT2D eigenvalue weighted by Gasteiger charge is -2.36. The summed E-state index contributed by atoms with van der Waals surface area (Å²) in [6, 6.07) is 13.1. The lowest BCUT2D eigenvalue weighted by atomic mass is 10.0. The van der Waals surface area contributed by atoms with E-state index in [-0.39, 0.29) is 16.7 Å². The van der Waals surface area contributed by atoms with Crippen molar-refractivity contribution >= 4 is 21.6 Å². The van der Waals surface area contributed by atoms with Crippen LogP contribution < -0.4 is 14.8 Å². The number of amides is 1. The molecule has 2 aromatic carbocycles. The SMILES string of the molecule is COc1cccc(S(=O)(=O)Nc2ccc3c(c2)CC(N2CCC(NC(=O)C4CC4)CC2)C3)c1.